The van der Waals surface area contributed by atoms with E-state index in [1.165, 1.54) is 23.4 Å². The van der Waals surface area contributed by atoms with Crippen LogP contribution in [0.3, 0.4) is 0 Å². The van der Waals surface area contributed by atoms with Gasteiger partial charge in [-0.3, -0.25) is 15.0 Å². The first kappa shape index (κ1) is 16.1. The maximum Gasteiger partial charge on any atom is 0.243 e. The van der Waals surface area contributed by atoms with Gasteiger partial charge < -0.3 is 4.52 Å². The molecule has 2 heterocycles. The second-order valence-electron chi connectivity index (χ2n) is 6.10. The lowest BCUT2D eigenvalue weighted by atomic mass is 10.0. The maximum absolute atomic E-state index is 12.3. The summed E-state index contributed by atoms with van der Waals surface area (Å²) < 4.78 is 5.03. The summed E-state index contributed by atoms with van der Waals surface area (Å²) in [6.07, 6.45) is 4.75. The van der Waals surface area contributed by atoms with Crippen molar-refractivity contribution in [1.82, 2.24) is 15.0 Å². The minimum Gasteiger partial charge on any atom is -0.338 e. The molecule has 3 rings (SSSR count). The van der Waals surface area contributed by atoms with Crippen molar-refractivity contribution in [3.8, 4) is 0 Å². The number of hydrogen-bond donors (Lipinski definition) is 1. The summed E-state index contributed by atoms with van der Waals surface area (Å²) in [4.78, 5) is 20.5. The van der Waals surface area contributed by atoms with Gasteiger partial charge in [-0.15, -0.1) is 11.3 Å². The minimum absolute atomic E-state index is 0.107. The molecule has 0 saturated carbocycles. The van der Waals surface area contributed by atoms with E-state index >= 15 is 0 Å². The van der Waals surface area contributed by atoms with Crippen molar-refractivity contribution in [2.75, 3.05) is 12.4 Å². The van der Waals surface area contributed by atoms with Gasteiger partial charge in [-0.25, -0.2) is 4.98 Å². The van der Waals surface area contributed by atoms with Crippen molar-refractivity contribution in [2.24, 2.45) is 0 Å². The van der Waals surface area contributed by atoms with Crippen LogP contribution in [0.5, 0.6) is 0 Å². The predicted molar refractivity (Wildman–Crippen MR) is 89.6 cm³/mol. The highest BCUT2D eigenvalue weighted by Crippen LogP contribution is 2.27. The zero-order valence-electron chi connectivity index (χ0n) is 13.8. The second-order valence-corrected chi connectivity index (χ2v) is 7.27. The third-order valence-electron chi connectivity index (χ3n) is 4.19. The van der Waals surface area contributed by atoms with Crippen LogP contribution in [0.4, 0.5) is 5.88 Å². The van der Waals surface area contributed by atoms with Crippen molar-refractivity contribution < 1.29 is 9.32 Å². The number of aromatic nitrogens is 2. The van der Waals surface area contributed by atoms with Crippen LogP contribution in [0.1, 0.15) is 41.0 Å². The molecule has 0 unspecified atom stereocenters. The Labute approximate surface area is 139 Å². The molecule has 1 N–H and O–H groups in total. The fourth-order valence-corrected chi connectivity index (χ4v) is 3.89. The number of fused-ring (bicyclic) bond motifs is 1. The fourth-order valence-electron chi connectivity index (χ4n) is 2.67. The summed E-state index contributed by atoms with van der Waals surface area (Å²) in [6.45, 7) is 4.38. The summed E-state index contributed by atoms with van der Waals surface area (Å²) >= 11 is 1.79. The largest absolute Gasteiger partial charge is 0.338 e. The molecule has 7 heteroatoms. The third kappa shape index (κ3) is 3.79. The van der Waals surface area contributed by atoms with Crippen molar-refractivity contribution in [2.45, 2.75) is 52.1 Å². The van der Waals surface area contributed by atoms with Crippen molar-refractivity contribution in [3.05, 3.63) is 27.3 Å². The smallest absolute Gasteiger partial charge is 0.243 e. The Bertz CT molecular complexity index is 671. The Morgan fingerprint density at radius 3 is 2.96 bits per heavy atom. The van der Waals surface area contributed by atoms with Gasteiger partial charge in [0, 0.05) is 10.9 Å². The molecule has 0 aromatic carbocycles. The van der Waals surface area contributed by atoms with E-state index in [0.29, 0.717) is 12.4 Å². The Morgan fingerprint density at radius 1 is 1.48 bits per heavy atom. The van der Waals surface area contributed by atoms with Crippen LogP contribution in [-0.2, 0) is 24.2 Å². The van der Waals surface area contributed by atoms with Gasteiger partial charge in [0.05, 0.1) is 24.0 Å². The van der Waals surface area contributed by atoms with Crippen LogP contribution in [0.25, 0.3) is 0 Å². The number of nitrogens with zero attached hydrogens (tertiary/aromatic N) is 3. The van der Waals surface area contributed by atoms with Gasteiger partial charge in [0.25, 0.3) is 0 Å². The van der Waals surface area contributed by atoms with E-state index in [1.807, 2.05) is 25.8 Å². The average molecular weight is 334 g/mol. The quantitative estimate of drug-likeness (QED) is 0.910. The molecular formula is C16H22N4O2S. The van der Waals surface area contributed by atoms with Crippen LogP contribution < -0.4 is 5.32 Å². The fraction of sp³-hybridized carbons (Fsp3) is 0.562. The lowest BCUT2D eigenvalue weighted by molar-refractivity contribution is -0.120. The number of thiazole rings is 1. The Balaban J connectivity index is 1.59. The zero-order valence-corrected chi connectivity index (χ0v) is 14.6. The first-order chi connectivity index (χ1) is 11.0. The Kier molecular flexibility index (Phi) is 4.77. The number of amides is 1. The molecule has 1 aliphatic carbocycles. The SMILES string of the molecule is Cc1cc(NC(=O)[C@@H](C)N(C)Cc2nc3c(s2)CCCC3)on1. The number of carbonyl (C=O) groups excluding carboxylic acids is 1. The van der Waals surface area contributed by atoms with Gasteiger partial charge in [-0.2, -0.15) is 0 Å². The van der Waals surface area contributed by atoms with E-state index in [1.54, 1.807) is 17.4 Å². The molecule has 0 spiro atoms. The van der Waals surface area contributed by atoms with E-state index in [9.17, 15) is 4.79 Å². The normalized spacial score (nSPS) is 15.5. The number of carbonyl (C=O) groups is 1. The molecule has 0 fully saturated rings. The van der Waals surface area contributed by atoms with E-state index < -0.39 is 0 Å². The molecule has 0 aliphatic heterocycles. The maximum atomic E-state index is 12.3. The van der Waals surface area contributed by atoms with Gasteiger partial charge in [-0.1, -0.05) is 5.16 Å². The summed E-state index contributed by atoms with van der Waals surface area (Å²) in [6, 6.07) is 1.43. The molecule has 6 nitrogen and oxygen atoms in total. The second kappa shape index (κ2) is 6.80. The molecule has 1 atom stereocenters. The summed E-state index contributed by atoms with van der Waals surface area (Å²) in [5.74, 6) is 0.280. The van der Waals surface area contributed by atoms with Crippen LogP contribution in [-0.4, -0.2) is 34.0 Å². The highest BCUT2D eigenvalue weighted by Gasteiger charge is 2.22. The van der Waals surface area contributed by atoms with E-state index in [0.717, 1.165) is 23.5 Å². The van der Waals surface area contributed by atoms with Crippen LogP contribution in [0.2, 0.25) is 0 Å². The topological polar surface area (TPSA) is 71.3 Å². The monoisotopic (exact) mass is 334 g/mol. The third-order valence-corrected chi connectivity index (χ3v) is 5.33. The molecule has 124 valence electrons. The number of likely N-dealkylation sites (N-methyl/N-ethyl adjacent to an activating group) is 1. The van der Waals surface area contributed by atoms with Gasteiger partial charge >= 0.3 is 0 Å². The molecule has 2 aromatic heterocycles. The molecule has 1 amide bonds. The molecular weight excluding hydrogens is 312 g/mol. The van der Waals surface area contributed by atoms with Gasteiger partial charge in [0.1, 0.15) is 5.01 Å². The van der Waals surface area contributed by atoms with Crippen molar-refractivity contribution in [1.29, 1.82) is 0 Å². The van der Waals surface area contributed by atoms with E-state index in [2.05, 4.69) is 10.5 Å². The Morgan fingerprint density at radius 2 is 2.26 bits per heavy atom. The Hall–Kier alpha value is -1.73. The summed E-state index contributed by atoms with van der Waals surface area (Å²) in [5, 5.41) is 7.61. The van der Waals surface area contributed by atoms with Crippen LogP contribution in [0.15, 0.2) is 10.6 Å². The number of rotatable bonds is 5. The first-order valence-corrected chi connectivity index (χ1v) is 8.76. The van der Waals surface area contributed by atoms with E-state index in [-0.39, 0.29) is 11.9 Å². The number of anilines is 1. The van der Waals surface area contributed by atoms with Gasteiger partial charge in [-0.05, 0) is 46.6 Å². The number of hydrogen-bond acceptors (Lipinski definition) is 6. The van der Waals surface area contributed by atoms with Crippen LogP contribution in [0, 0.1) is 6.92 Å². The highest BCUT2D eigenvalue weighted by molar-refractivity contribution is 7.11. The summed E-state index contributed by atoms with van der Waals surface area (Å²) in [7, 11) is 1.94. The van der Waals surface area contributed by atoms with Crippen LogP contribution >= 0.6 is 11.3 Å². The number of nitrogens with one attached hydrogen (secondary N) is 1. The molecule has 2 aromatic rings. The van der Waals surface area contributed by atoms with Gasteiger partial charge in [0.15, 0.2) is 0 Å². The molecule has 0 bridgehead atoms. The molecule has 0 radical (unpaired) electrons. The molecule has 1 aliphatic rings. The summed E-state index contributed by atoms with van der Waals surface area (Å²) in [5.41, 5.74) is 2.01. The number of aryl methyl sites for hydroxylation is 3. The predicted octanol–water partition coefficient (Wildman–Crippen LogP) is 2.78. The van der Waals surface area contributed by atoms with Crippen molar-refractivity contribution in [3.63, 3.8) is 0 Å². The lowest BCUT2D eigenvalue weighted by Crippen LogP contribution is -2.39. The lowest BCUT2D eigenvalue weighted by Gasteiger charge is -2.22. The van der Waals surface area contributed by atoms with Crippen molar-refractivity contribution >= 4 is 23.1 Å². The first-order valence-electron chi connectivity index (χ1n) is 7.95. The standard InChI is InChI=1S/C16H22N4O2S/c1-10-8-14(22-19-10)18-16(21)11(2)20(3)9-15-17-12-6-4-5-7-13(12)23-15/h8,11H,4-7,9H2,1-3H3,(H,18,21)/t11-/m1/s1. The average Bonchev–Trinajstić information content (AvgIpc) is 3.11. The van der Waals surface area contributed by atoms with E-state index in [4.69, 9.17) is 9.51 Å². The zero-order chi connectivity index (χ0) is 16.4. The molecule has 23 heavy (non-hydrogen) atoms. The minimum atomic E-state index is -0.277. The molecule has 0 saturated heterocycles. The highest BCUT2D eigenvalue weighted by atomic mass is 32.1. The van der Waals surface area contributed by atoms with Gasteiger partial charge in [0.2, 0.25) is 11.8 Å².